The van der Waals surface area contributed by atoms with Gasteiger partial charge < -0.3 is 15.0 Å². The van der Waals surface area contributed by atoms with Gasteiger partial charge in [-0.25, -0.2) is 4.98 Å². The molecule has 0 bridgehead atoms. The zero-order valence-corrected chi connectivity index (χ0v) is 6.40. The summed E-state index contributed by atoms with van der Waals surface area (Å²) in [5.74, 6) is 0.391. The summed E-state index contributed by atoms with van der Waals surface area (Å²) in [6, 6.07) is 0. The molecule has 2 heterocycles. The van der Waals surface area contributed by atoms with Gasteiger partial charge in [0.25, 0.3) is 5.56 Å². The molecule has 1 aromatic heterocycles. The second kappa shape index (κ2) is 2.60. The molecule has 0 radical (unpaired) electrons. The SMILES string of the molecule is O=c1[nH]ccnc1N1CC(O)C1. The van der Waals surface area contributed by atoms with Gasteiger partial charge >= 0.3 is 0 Å². The molecular weight excluding hydrogens is 158 g/mol. The Hall–Kier alpha value is -1.36. The van der Waals surface area contributed by atoms with E-state index in [0.29, 0.717) is 18.9 Å². The van der Waals surface area contributed by atoms with Crippen LogP contribution in [0.25, 0.3) is 0 Å². The molecule has 2 rings (SSSR count). The number of nitrogens with zero attached hydrogens (tertiary/aromatic N) is 2. The number of β-amino-alcohol motifs (C(OH)–C–C–N with tert-alkyl or cyclic N) is 1. The summed E-state index contributed by atoms with van der Waals surface area (Å²) in [6.07, 6.45) is 2.70. The van der Waals surface area contributed by atoms with Crippen molar-refractivity contribution < 1.29 is 5.11 Å². The molecule has 5 heteroatoms. The number of hydrogen-bond acceptors (Lipinski definition) is 4. The lowest BCUT2D eigenvalue weighted by molar-refractivity contribution is 0.141. The van der Waals surface area contributed by atoms with E-state index in [1.165, 1.54) is 12.4 Å². The van der Waals surface area contributed by atoms with Gasteiger partial charge in [0, 0.05) is 25.5 Å². The second-order valence-electron chi connectivity index (χ2n) is 2.80. The molecule has 0 saturated carbocycles. The van der Waals surface area contributed by atoms with Crippen LogP contribution in [0.4, 0.5) is 5.82 Å². The van der Waals surface area contributed by atoms with Gasteiger partial charge in [-0.2, -0.15) is 0 Å². The van der Waals surface area contributed by atoms with Gasteiger partial charge in [0.15, 0.2) is 5.82 Å². The average molecular weight is 167 g/mol. The summed E-state index contributed by atoms with van der Waals surface area (Å²) < 4.78 is 0. The first kappa shape index (κ1) is 7.30. The molecule has 0 aliphatic carbocycles. The van der Waals surface area contributed by atoms with Crippen LogP contribution < -0.4 is 10.5 Å². The first-order valence-corrected chi connectivity index (χ1v) is 3.74. The molecule has 0 unspecified atom stereocenters. The smallest absolute Gasteiger partial charge is 0.290 e. The molecule has 1 fully saturated rings. The van der Waals surface area contributed by atoms with Gasteiger partial charge in [-0.05, 0) is 0 Å². The highest BCUT2D eigenvalue weighted by atomic mass is 16.3. The standard InChI is InChI=1S/C7H9N3O2/c11-5-3-10(4-5)6-7(12)9-2-1-8-6/h1-2,5,11H,3-4H2,(H,9,12). The Balaban J connectivity index is 2.24. The predicted molar refractivity (Wildman–Crippen MR) is 43.1 cm³/mol. The van der Waals surface area contributed by atoms with Crippen LogP contribution in [-0.4, -0.2) is 34.3 Å². The summed E-state index contributed by atoms with van der Waals surface area (Å²) in [7, 11) is 0. The number of nitrogens with one attached hydrogen (secondary N) is 1. The molecule has 2 N–H and O–H groups in total. The van der Waals surface area contributed by atoms with Crippen molar-refractivity contribution in [2.24, 2.45) is 0 Å². The van der Waals surface area contributed by atoms with E-state index in [9.17, 15) is 4.79 Å². The lowest BCUT2D eigenvalue weighted by Crippen LogP contribution is -2.52. The van der Waals surface area contributed by atoms with Crippen LogP contribution in [0, 0.1) is 0 Å². The maximum atomic E-state index is 11.1. The lowest BCUT2D eigenvalue weighted by Gasteiger charge is -2.35. The first-order chi connectivity index (χ1) is 5.77. The number of H-pyrrole nitrogens is 1. The molecule has 12 heavy (non-hydrogen) atoms. The maximum Gasteiger partial charge on any atom is 0.290 e. The van der Waals surface area contributed by atoms with Gasteiger partial charge in [-0.1, -0.05) is 0 Å². The Bertz CT molecular complexity index is 329. The van der Waals surface area contributed by atoms with Gasteiger partial charge in [-0.15, -0.1) is 0 Å². The van der Waals surface area contributed by atoms with Crippen LogP contribution in [0.3, 0.4) is 0 Å². The highest BCUT2D eigenvalue weighted by Gasteiger charge is 2.26. The minimum atomic E-state index is -0.314. The number of anilines is 1. The van der Waals surface area contributed by atoms with E-state index >= 15 is 0 Å². The van der Waals surface area contributed by atoms with Crippen molar-refractivity contribution in [1.29, 1.82) is 0 Å². The lowest BCUT2D eigenvalue weighted by atomic mass is 10.2. The van der Waals surface area contributed by atoms with E-state index in [-0.39, 0.29) is 11.7 Å². The zero-order chi connectivity index (χ0) is 8.55. The predicted octanol–water partition coefficient (Wildman–Crippen LogP) is -1.05. The zero-order valence-electron chi connectivity index (χ0n) is 6.40. The van der Waals surface area contributed by atoms with Crippen LogP contribution in [0.15, 0.2) is 17.2 Å². The Morgan fingerprint density at radius 2 is 2.42 bits per heavy atom. The number of rotatable bonds is 1. The molecule has 0 amide bonds. The third-order valence-corrected chi connectivity index (χ3v) is 1.85. The number of aromatic amines is 1. The quantitative estimate of drug-likeness (QED) is 0.560. The van der Waals surface area contributed by atoms with E-state index in [1.54, 1.807) is 4.90 Å². The highest BCUT2D eigenvalue weighted by Crippen LogP contribution is 2.12. The molecule has 1 aromatic rings. The van der Waals surface area contributed by atoms with E-state index in [4.69, 9.17) is 5.11 Å². The number of aliphatic hydroxyl groups is 1. The second-order valence-corrected chi connectivity index (χ2v) is 2.80. The molecule has 0 aromatic carbocycles. The minimum Gasteiger partial charge on any atom is -0.389 e. The van der Waals surface area contributed by atoms with Crippen LogP contribution >= 0.6 is 0 Å². The van der Waals surface area contributed by atoms with Gasteiger partial charge in [0.2, 0.25) is 0 Å². The Kier molecular flexibility index (Phi) is 1.58. The minimum absolute atomic E-state index is 0.204. The summed E-state index contributed by atoms with van der Waals surface area (Å²) in [4.78, 5) is 19.3. The van der Waals surface area contributed by atoms with Crippen molar-refractivity contribution in [2.45, 2.75) is 6.10 Å². The summed E-state index contributed by atoms with van der Waals surface area (Å²) in [5.41, 5.74) is -0.204. The van der Waals surface area contributed by atoms with Crippen molar-refractivity contribution in [3.8, 4) is 0 Å². The summed E-state index contributed by atoms with van der Waals surface area (Å²) >= 11 is 0. The number of hydrogen-bond donors (Lipinski definition) is 2. The third kappa shape index (κ3) is 1.08. The van der Waals surface area contributed by atoms with E-state index in [1.807, 2.05) is 0 Å². The van der Waals surface area contributed by atoms with Gasteiger partial charge in [-0.3, -0.25) is 4.79 Å². The normalized spacial score (nSPS) is 17.6. The summed E-state index contributed by atoms with van der Waals surface area (Å²) in [6.45, 7) is 1.00. The molecule has 0 spiro atoms. The van der Waals surface area contributed by atoms with E-state index in [0.717, 1.165) is 0 Å². The molecule has 0 atom stereocenters. The molecular formula is C7H9N3O2. The Morgan fingerprint density at radius 3 is 3.00 bits per heavy atom. The summed E-state index contributed by atoms with van der Waals surface area (Å²) in [5, 5.41) is 8.99. The van der Waals surface area contributed by atoms with E-state index in [2.05, 4.69) is 9.97 Å². The molecule has 1 saturated heterocycles. The molecule has 1 aliphatic heterocycles. The van der Waals surface area contributed by atoms with Crippen LogP contribution in [0.1, 0.15) is 0 Å². The largest absolute Gasteiger partial charge is 0.389 e. The maximum absolute atomic E-state index is 11.1. The Morgan fingerprint density at radius 1 is 1.67 bits per heavy atom. The van der Waals surface area contributed by atoms with Gasteiger partial charge in [0.1, 0.15) is 0 Å². The van der Waals surface area contributed by atoms with Crippen molar-refractivity contribution in [1.82, 2.24) is 9.97 Å². The molecule has 1 aliphatic rings. The third-order valence-electron chi connectivity index (χ3n) is 1.85. The number of aromatic nitrogens is 2. The van der Waals surface area contributed by atoms with E-state index < -0.39 is 0 Å². The topological polar surface area (TPSA) is 69.2 Å². The van der Waals surface area contributed by atoms with Crippen molar-refractivity contribution in [3.63, 3.8) is 0 Å². The van der Waals surface area contributed by atoms with Crippen molar-refractivity contribution >= 4 is 5.82 Å². The van der Waals surface area contributed by atoms with Crippen molar-refractivity contribution in [3.05, 3.63) is 22.7 Å². The van der Waals surface area contributed by atoms with Crippen LogP contribution in [-0.2, 0) is 0 Å². The highest BCUT2D eigenvalue weighted by molar-refractivity contribution is 5.39. The Labute approximate surface area is 68.7 Å². The van der Waals surface area contributed by atoms with Crippen LogP contribution in [0.2, 0.25) is 0 Å². The fourth-order valence-corrected chi connectivity index (χ4v) is 1.20. The van der Waals surface area contributed by atoms with Gasteiger partial charge in [0.05, 0.1) is 6.10 Å². The van der Waals surface area contributed by atoms with Crippen LogP contribution in [0.5, 0.6) is 0 Å². The monoisotopic (exact) mass is 167 g/mol. The average Bonchev–Trinajstić information content (AvgIpc) is 2.01. The molecule has 64 valence electrons. The molecule has 5 nitrogen and oxygen atoms in total. The van der Waals surface area contributed by atoms with Crippen molar-refractivity contribution in [2.75, 3.05) is 18.0 Å². The fourth-order valence-electron chi connectivity index (χ4n) is 1.20. The number of aliphatic hydroxyl groups excluding tert-OH is 1. The first-order valence-electron chi connectivity index (χ1n) is 3.74. The fraction of sp³-hybridized carbons (Fsp3) is 0.429.